The molecule has 0 radical (unpaired) electrons. The summed E-state index contributed by atoms with van der Waals surface area (Å²) >= 11 is 0. The number of amidine groups is 1. The van der Waals surface area contributed by atoms with Crippen LogP contribution in [0.3, 0.4) is 0 Å². The van der Waals surface area contributed by atoms with Gasteiger partial charge in [0, 0.05) is 31.4 Å². The summed E-state index contributed by atoms with van der Waals surface area (Å²) in [5.41, 5.74) is 1.34. The van der Waals surface area contributed by atoms with E-state index in [-0.39, 0.29) is 29.6 Å². The van der Waals surface area contributed by atoms with Crippen LogP contribution in [0.4, 0.5) is 0 Å². The molecule has 0 unspecified atom stereocenters. The summed E-state index contributed by atoms with van der Waals surface area (Å²) in [4.78, 5) is 21.6. The van der Waals surface area contributed by atoms with Crippen molar-refractivity contribution in [3.05, 3.63) is 77.9 Å². The Hall–Kier alpha value is -3.66. The predicted octanol–water partition coefficient (Wildman–Crippen LogP) is 1.76. The van der Waals surface area contributed by atoms with Gasteiger partial charge in [0.2, 0.25) is 5.91 Å². The maximum Gasteiger partial charge on any atom is 0.263 e. The number of sulfonamides is 1. The number of ether oxygens (including phenoxy) is 1. The lowest BCUT2D eigenvalue weighted by molar-refractivity contribution is -0.121. The Morgan fingerprint density at radius 3 is 2.81 bits per heavy atom. The van der Waals surface area contributed by atoms with Crippen LogP contribution in [0.25, 0.3) is 0 Å². The highest BCUT2D eigenvalue weighted by atomic mass is 32.2. The number of aliphatic imine (C=N–C) groups is 1. The molecule has 0 saturated carbocycles. The summed E-state index contributed by atoms with van der Waals surface area (Å²) in [5, 5.41) is 3.00. The van der Waals surface area contributed by atoms with Gasteiger partial charge in [0.15, 0.2) is 0 Å². The maximum absolute atomic E-state index is 12.7. The zero-order chi connectivity index (χ0) is 22.7. The molecule has 0 saturated heterocycles. The topological polar surface area (TPSA) is 115 Å². The second-order valence-electron chi connectivity index (χ2n) is 7.26. The van der Waals surface area contributed by atoms with E-state index in [1.54, 1.807) is 31.5 Å². The fraction of sp³-hybridized carbons (Fsp3) is 0.227. The van der Waals surface area contributed by atoms with E-state index < -0.39 is 16.1 Å². The minimum absolute atomic E-state index is 0.0816. The molecule has 1 aliphatic rings. The van der Waals surface area contributed by atoms with E-state index in [1.165, 1.54) is 6.07 Å². The van der Waals surface area contributed by atoms with Gasteiger partial charge in [0.05, 0.1) is 18.6 Å². The first-order chi connectivity index (χ1) is 15.4. The number of carbonyl (C=O) groups is 1. The molecular formula is C22H23N5O4S. The number of fused-ring (bicyclic) bond motifs is 1. The lowest BCUT2D eigenvalue weighted by Gasteiger charge is -2.19. The SMILES string of the molecule is COc1cccc([C@@H](NC(=O)CCN=C2NS(=O)(=O)c3ccccc32)c2nccn2C)c1. The normalized spacial score (nSPS) is 16.2. The zero-order valence-corrected chi connectivity index (χ0v) is 18.5. The Labute approximate surface area is 186 Å². The van der Waals surface area contributed by atoms with Crippen molar-refractivity contribution in [3.8, 4) is 5.75 Å². The zero-order valence-electron chi connectivity index (χ0n) is 17.6. The van der Waals surface area contributed by atoms with E-state index in [0.29, 0.717) is 17.1 Å². The molecule has 0 aliphatic carbocycles. The number of imidazole rings is 1. The number of aromatic nitrogens is 2. The summed E-state index contributed by atoms with van der Waals surface area (Å²) in [7, 11) is -0.162. The molecule has 2 heterocycles. The fourth-order valence-electron chi connectivity index (χ4n) is 3.53. The van der Waals surface area contributed by atoms with E-state index in [4.69, 9.17) is 4.74 Å². The molecule has 0 fully saturated rings. The third-order valence-corrected chi connectivity index (χ3v) is 6.52. The van der Waals surface area contributed by atoms with Crippen LogP contribution in [-0.4, -0.2) is 43.4 Å². The number of rotatable bonds is 7. The molecule has 2 aromatic carbocycles. The van der Waals surface area contributed by atoms with E-state index in [0.717, 1.165) is 5.56 Å². The molecule has 0 spiro atoms. The molecule has 32 heavy (non-hydrogen) atoms. The van der Waals surface area contributed by atoms with Gasteiger partial charge >= 0.3 is 0 Å². The summed E-state index contributed by atoms with van der Waals surface area (Å²) in [6, 6.07) is 13.6. The number of nitrogens with zero attached hydrogens (tertiary/aromatic N) is 3. The van der Waals surface area contributed by atoms with Gasteiger partial charge in [-0.05, 0) is 29.8 Å². The van der Waals surface area contributed by atoms with Gasteiger partial charge in [-0.2, -0.15) is 0 Å². The number of nitrogens with one attached hydrogen (secondary N) is 2. The third-order valence-electron chi connectivity index (χ3n) is 5.12. The first-order valence-corrected chi connectivity index (χ1v) is 11.4. The average Bonchev–Trinajstić information content (AvgIpc) is 3.32. The molecule has 3 aromatic rings. The van der Waals surface area contributed by atoms with Crippen LogP contribution in [0.1, 0.15) is 29.4 Å². The number of benzene rings is 2. The molecule has 1 amide bonds. The molecule has 0 bridgehead atoms. The Morgan fingerprint density at radius 1 is 1.25 bits per heavy atom. The van der Waals surface area contributed by atoms with Crippen LogP contribution in [-0.2, 0) is 21.9 Å². The second-order valence-corrected chi connectivity index (χ2v) is 8.91. The Morgan fingerprint density at radius 2 is 2.06 bits per heavy atom. The standard InChI is InChI=1S/C22H23N5O4S/c1-27-13-12-24-22(27)20(15-6-5-7-16(14-15)31-2)25-19(28)10-11-23-21-17-8-3-4-9-18(17)32(29,30)26-21/h3-9,12-14,20H,10-11H2,1-2H3,(H,23,26)(H,25,28)/t20-/m1/s1. The molecule has 4 rings (SSSR count). The first kappa shape index (κ1) is 21.6. The Bertz CT molecular complexity index is 1280. The van der Waals surface area contributed by atoms with Crippen molar-refractivity contribution >= 4 is 21.8 Å². The van der Waals surface area contributed by atoms with Gasteiger partial charge in [0.1, 0.15) is 23.5 Å². The molecule has 10 heteroatoms. The van der Waals surface area contributed by atoms with Crippen LogP contribution in [0.15, 0.2) is 70.8 Å². The maximum atomic E-state index is 12.7. The van der Waals surface area contributed by atoms with E-state index in [9.17, 15) is 13.2 Å². The van der Waals surface area contributed by atoms with E-state index >= 15 is 0 Å². The third kappa shape index (κ3) is 4.35. The average molecular weight is 454 g/mol. The van der Waals surface area contributed by atoms with Gasteiger partial charge in [-0.1, -0.05) is 24.3 Å². The van der Waals surface area contributed by atoms with Crippen LogP contribution in [0.2, 0.25) is 0 Å². The summed E-state index contributed by atoms with van der Waals surface area (Å²) in [6.07, 6.45) is 3.56. The lowest BCUT2D eigenvalue weighted by atomic mass is 10.1. The highest BCUT2D eigenvalue weighted by molar-refractivity contribution is 7.90. The quantitative estimate of drug-likeness (QED) is 0.566. The minimum atomic E-state index is -3.61. The van der Waals surface area contributed by atoms with Crippen molar-refractivity contribution in [1.29, 1.82) is 0 Å². The van der Waals surface area contributed by atoms with Crippen LogP contribution < -0.4 is 14.8 Å². The molecule has 1 atom stereocenters. The van der Waals surface area contributed by atoms with Crippen molar-refractivity contribution in [2.75, 3.05) is 13.7 Å². The molecular weight excluding hydrogens is 430 g/mol. The highest BCUT2D eigenvalue weighted by Gasteiger charge is 2.30. The van der Waals surface area contributed by atoms with Crippen molar-refractivity contribution in [3.63, 3.8) is 0 Å². The summed E-state index contributed by atoms with van der Waals surface area (Å²) in [6.45, 7) is 0.128. The van der Waals surface area contributed by atoms with Crippen molar-refractivity contribution in [1.82, 2.24) is 19.6 Å². The first-order valence-electron chi connectivity index (χ1n) is 9.96. The number of carbonyl (C=O) groups excluding carboxylic acids is 1. The van der Waals surface area contributed by atoms with Gasteiger partial charge in [-0.3, -0.25) is 14.5 Å². The van der Waals surface area contributed by atoms with E-state index in [2.05, 4.69) is 20.0 Å². The van der Waals surface area contributed by atoms with Crippen LogP contribution in [0, 0.1) is 0 Å². The summed E-state index contributed by atoms with van der Waals surface area (Å²) < 4.78 is 34.0. The molecule has 166 valence electrons. The van der Waals surface area contributed by atoms with Crippen LogP contribution >= 0.6 is 0 Å². The van der Waals surface area contributed by atoms with Crippen molar-refractivity contribution in [2.45, 2.75) is 17.4 Å². The number of hydrogen-bond donors (Lipinski definition) is 2. The van der Waals surface area contributed by atoms with Gasteiger partial charge in [-0.15, -0.1) is 0 Å². The fourth-order valence-corrected chi connectivity index (χ4v) is 4.78. The monoisotopic (exact) mass is 453 g/mol. The smallest absolute Gasteiger partial charge is 0.263 e. The van der Waals surface area contributed by atoms with Crippen molar-refractivity contribution < 1.29 is 17.9 Å². The lowest BCUT2D eigenvalue weighted by Crippen LogP contribution is -2.31. The van der Waals surface area contributed by atoms with Gasteiger partial charge < -0.3 is 14.6 Å². The largest absolute Gasteiger partial charge is 0.497 e. The summed E-state index contributed by atoms with van der Waals surface area (Å²) in [5.74, 6) is 1.37. The molecule has 1 aliphatic heterocycles. The number of amides is 1. The second kappa shape index (κ2) is 8.83. The number of methoxy groups -OCH3 is 1. The minimum Gasteiger partial charge on any atom is -0.497 e. The van der Waals surface area contributed by atoms with Gasteiger partial charge in [-0.25, -0.2) is 13.4 Å². The highest BCUT2D eigenvalue weighted by Crippen LogP contribution is 2.25. The Balaban J connectivity index is 1.49. The van der Waals surface area contributed by atoms with Gasteiger partial charge in [0.25, 0.3) is 10.0 Å². The van der Waals surface area contributed by atoms with E-state index in [1.807, 2.05) is 42.1 Å². The predicted molar refractivity (Wildman–Crippen MR) is 119 cm³/mol. The Kier molecular flexibility index (Phi) is 5.95. The van der Waals surface area contributed by atoms with Crippen molar-refractivity contribution in [2.24, 2.45) is 12.0 Å². The van der Waals surface area contributed by atoms with Crippen LogP contribution in [0.5, 0.6) is 5.75 Å². The molecule has 1 aromatic heterocycles. The molecule has 9 nitrogen and oxygen atoms in total. The molecule has 2 N–H and O–H groups in total. The number of hydrogen-bond acceptors (Lipinski definition) is 6. The number of aryl methyl sites for hydroxylation is 1.